The third kappa shape index (κ3) is 2.96. The average molecular weight is 350 g/mol. The SMILES string of the molecule is O=C1CC[C@@](F)(C(=O)CCc2ccc(Cl)cc2F)c2cccnc21. The zero-order valence-corrected chi connectivity index (χ0v) is 13.4. The van der Waals surface area contributed by atoms with Crippen molar-refractivity contribution in [1.82, 2.24) is 4.98 Å². The first-order valence-corrected chi connectivity index (χ1v) is 7.94. The van der Waals surface area contributed by atoms with E-state index in [0.717, 1.165) is 6.07 Å². The predicted molar refractivity (Wildman–Crippen MR) is 85.3 cm³/mol. The van der Waals surface area contributed by atoms with Crippen LogP contribution in [0.15, 0.2) is 36.5 Å². The molecule has 1 aromatic heterocycles. The normalized spacial score (nSPS) is 19.9. The van der Waals surface area contributed by atoms with Gasteiger partial charge in [0, 0.05) is 36.0 Å². The molecule has 3 nitrogen and oxygen atoms in total. The van der Waals surface area contributed by atoms with E-state index in [1.165, 1.54) is 30.5 Å². The summed E-state index contributed by atoms with van der Waals surface area (Å²) < 4.78 is 29.1. The summed E-state index contributed by atoms with van der Waals surface area (Å²) in [5.74, 6) is -1.46. The van der Waals surface area contributed by atoms with Gasteiger partial charge < -0.3 is 0 Å². The lowest BCUT2D eigenvalue weighted by molar-refractivity contribution is -0.131. The maximum atomic E-state index is 15.3. The first-order valence-electron chi connectivity index (χ1n) is 7.56. The van der Waals surface area contributed by atoms with Crippen LogP contribution in [0.3, 0.4) is 0 Å². The van der Waals surface area contributed by atoms with Crippen molar-refractivity contribution in [3.63, 3.8) is 0 Å². The highest BCUT2D eigenvalue weighted by atomic mass is 35.5. The van der Waals surface area contributed by atoms with Crippen molar-refractivity contribution in [2.24, 2.45) is 0 Å². The molecule has 0 radical (unpaired) electrons. The summed E-state index contributed by atoms with van der Waals surface area (Å²) in [7, 11) is 0. The number of nitrogens with zero attached hydrogens (tertiary/aromatic N) is 1. The predicted octanol–water partition coefficient (Wildman–Crippen LogP) is 4.22. The molecule has 0 spiro atoms. The van der Waals surface area contributed by atoms with E-state index < -0.39 is 17.3 Å². The number of carbonyl (C=O) groups excluding carboxylic acids is 2. The van der Waals surface area contributed by atoms with Gasteiger partial charge in [-0.3, -0.25) is 14.6 Å². The van der Waals surface area contributed by atoms with E-state index in [2.05, 4.69) is 4.98 Å². The van der Waals surface area contributed by atoms with Crippen molar-refractivity contribution in [3.05, 3.63) is 64.2 Å². The highest BCUT2D eigenvalue weighted by Crippen LogP contribution is 2.39. The number of hydrogen-bond donors (Lipinski definition) is 0. The fourth-order valence-corrected chi connectivity index (χ4v) is 3.11. The van der Waals surface area contributed by atoms with Crippen molar-refractivity contribution >= 4 is 23.2 Å². The minimum atomic E-state index is -2.25. The quantitative estimate of drug-likeness (QED) is 0.830. The molecule has 6 heteroatoms. The van der Waals surface area contributed by atoms with Gasteiger partial charge in [0.2, 0.25) is 0 Å². The Hall–Kier alpha value is -2.14. The zero-order chi connectivity index (χ0) is 17.3. The van der Waals surface area contributed by atoms with Gasteiger partial charge in [0.1, 0.15) is 11.5 Å². The molecule has 0 N–H and O–H groups in total. The number of Topliss-reactive ketones (excluding diaryl/α,β-unsaturated/α-hetero) is 2. The summed E-state index contributed by atoms with van der Waals surface area (Å²) >= 11 is 5.69. The number of aryl methyl sites for hydroxylation is 1. The Bertz CT molecular complexity index is 824. The topological polar surface area (TPSA) is 47.0 Å². The summed E-state index contributed by atoms with van der Waals surface area (Å²) in [6.45, 7) is 0. The standard InChI is InChI=1S/C18H14ClF2NO2/c19-12-5-3-11(14(20)10-12)4-6-16(24)18(21)8-7-15(23)17-13(18)2-1-9-22-17/h1-3,5,9-10H,4,6-8H2/t18-/m0/s1. The van der Waals surface area contributed by atoms with E-state index in [-0.39, 0.29) is 47.7 Å². The molecular formula is C18H14ClF2NO2. The van der Waals surface area contributed by atoms with Crippen LogP contribution in [0.5, 0.6) is 0 Å². The van der Waals surface area contributed by atoms with Gasteiger partial charge in [0.15, 0.2) is 17.2 Å². The van der Waals surface area contributed by atoms with Crippen LogP contribution in [-0.2, 0) is 16.9 Å². The molecule has 0 aliphatic heterocycles. The molecule has 0 saturated carbocycles. The molecule has 24 heavy (non-hydrogen) atoms. The molecule has 0 saturated heterocycles. The summed E-state index contributed by atoms with van der Waals surface area (Å²) in [5.41, 5.74) is -1.92. The molecular weight excluding hydrogens is 336 g/mol. The lowest BCUT2D eigenvalue weighted by Gasteiger charge is -2.29. The fraction of sp³-hybridized carbons (Fsp3) is 0.278. The molecule has 0 unspecified atom stereocenters. The van der Waals surface area contributed by atoms with E-state index in [0.29, 0.717) is 5.56 Å². The Morgan fingerprint density at radius 3 is 2.88 bits per heavy atom. The third-order valence-electron chi connectivity index (χ3n) is 4.27. The molecule has 1 atom stereocenters. The van der Waals surface area contributed by atoms with Crippen molar-refractivity contribution in [2.45, 2.75) is 31.4 Å². The van der Waals surface area contributed by atoms with Crippen molar-refractivity contribution < 1.29 is 18.4 Å². The molecule has 2 aromatic rings. The van der Waals surface area contributed by atoms with Crippen LogP contribution in [0, 0.1) is 5.82 Å². The Balaban J connectivity index is 1.82. The molecule has 3 rings (SSSR count). The second-order valence-electron chi connectivity index (χ2n) is 5.78. The third-order valence-corrected chi connectivity index (χ3v) is 4.51. The number of hydrogen-bond acceptors (Lipinski definition) is 3. The summed E-state index contributed by atoms with van der Waals surface area (Å²) in [6.07, 6.45) is 1.03. The first-order chi connectivity index (χ1) is 11.4. The number of halogens is 3. The van der Waals surface area contributed by atoms with Crippen LogP contribution in [0.2, 0.25) is 5.02 Å². The van der Waals surface area contributed by atoms with Gasteiger partial charge in [0.25, 0.3) is 0 Å². The van der Waals surface area contributed by atoms with E-state index in [1.54, 1.807) is 0 Å². The van der Waals surface area contributed by atoms with Crippen LogP contribution >= 0.6 is 11.6 Å². The summed E-state index contributed by atoms with van der Waals surface area (Å²) in [6, 6.07) is 7.08. The highest BCUT2D eigenvalue weighted by molar-refractivity contribution is 6.30. The van der Waals surface area contributed by atoms with Gasteiger partial charge >= 0.3 is 0 Å². The summed E-state index contributed by atoms with van der Waals surface area (Å²) in [4.78, 5) is 28.2. The maximum absolute atomic E-state index is 15.3. The minimum absolute atomic E-state index is 0.0114. The van der Waals surface area contributed by atoms with Crippen LogP contribution in [0.4, 0.5) is 8.78 Å². The number of carbonyl (C=O) groups is 2. The van der Waals surface area contributed by atoms with Crippen LogP contribution in [-0.4, -0.2) is 16.6 Å². The molecule has 0 fully saturated rings. The lowest BCUT2D eigenvalue weighted by Crippen LogP contribution is -2.37. The number of fused-ring (bicyclic) bond motifs is 1. The Kier molecular flexibility index (Phi) is 4.45. The number of ketones is 2. The second-order valence-corrected chi connectivity index (χ2v) is 6.22. The molecule has 124 valence electrons. The van der Waals surface area contributed by atoms with Gasteiger partial charge in [-0.1, -0.05) is 23.7 Å². The zero-order valence-electron chi connectivity index (χ0n) is 12.7. The Morgan fingerprint density at radius 1 is 1.33 bits per heavy atom. The first kappa shape index (κ1) is 16.7. The number of alkyl halides is 1. The van der Waals surface area contributed by atoms with E-state index in [9.17, 15) is 14.0 Å². The van der Waals surface area contributed by atoms with E-state index in [4.69, 9.17) is 11.6 Å². The van der Waals surface area contributed by atoms with Crippen LogP contribution in [0.1, 0.15) is 40.9 Å². The van der Waals surface area contributed by atoms with Crippen LogP contribution in [0.25, 0.3) is 0 Å². The number of aromatic nitrogens is 1. The molecule has 0 amide bonds. The summed E-state index contributed by atoms with van der Waals surface area (Å²) in [5, 5.41) is 0.260. The second kappa shape index (κ2) is 6.40. The highest BCUT2D eigenvalue weighted by Gasteiger charge is 2.45. The molecule has 1 aliphatic carbocycles. The Morgan fingerprint density at radius 2 is 2.12 bits per heavy atom. The van der Waals surface area contributed by atoms with Gasteiger partial charge in [-0.15, -0.1) is 0 Å². The molecule has 1 aliphatic rings. The molecule has 1 aromatic carbocycles. The van der Waals surface area contributed by atoms with Crippen molar-refractivity contribution in [1.29, 1.82) is 0 Å². The molecule has 1 heterocycles. The number of pyridine rings is 1. The lowest BCUT2D eigenvalue weighted by atomic mass is 9.78. The monoisotopic (exact) mass is 349 g/mol. The van der Waals surface area contributed by atoms with Crippen molar-refractivity contribution in [2.75, 3.05) is 0 Å². The largest absolute Gasteiger partial charge is 0.296 e. The Labute approximate surface area is 142 Å². The van der Waals surface area contributed by atoms with Gasteiger partial charge in [-0.2, -0.15) is 0 Å². The van der Waals surface area contributed by atoms with Gasteiger partial charge in [0.05, 0.1) is 0 Å². The smallest absolute Gasteiger partial charge is 0.196 e. The van der Waals surface area contributed by atoms with Gasteiger partial charge in [-0.05, 0) is 30.2 Å². The number of rotatable bonds is 4. The van der Waals surface area contributed by atoms with Crippen molar-refractivity contribution in [3.8, 4) is 0 Å². The fourth-order valence-electron chi connectivity index (χ4n) is 2.95. The molecule has 0 bridgehead atoms. The average Bonchev–Trinajstić information content (AvgIpc) is 2.57. The van der Waals surface area contributed by atoms with Gasteiger partial charge in [-0.25, -0.2) is 8.78 Å². The van der Waals surface area contributed by atoms with E-state index >= 15 is 4.39 Å². The van der Waals surface area contributed by atoms with Crippen LogP contribution < -0.4 is 0 Å². The maximum Gasteiger partial charge on any atom is 0.196 e. The minimum Gasteiger partial charge on any atom is -0.296 e. The van der Waals surface area contributed by atoms with E-state index in [1.807, 2.05) is 0 Å². The number of benzene rings is 1.